The first-order chi connectivity index (χ1) is 11.9. The van der Waals surface area contributed by atoms with Gasteiger partial charge < -0.3 is 20.8 Å². The fraction of sp³-hybridized carbons (Fsp3) is 0.529. The van der Waals surface area contributed by atoms with Gasteiger partial charge in [0, 0.05) is 18.6 Å². The number of rotatable bonds is 8. The van der Waals surface area contributed by atoms with E-state index >= 15 is 0 Å². The molecule has 0 heterocycles. The lowest BCUT2D eigenvalue weighted by Crippen LogP contribution is -2.56. The predicted octanol–water partition coefficient (Wildman–Crippen LogP) is 1.10. The molecule has 0 saturated heterocycles. The van der Waals surface area contributed by atoms with Gasteiger partial charge in [-0.1, -0.05) is 19.1 Å². The minimum atomic E-state index is -0.911. The predicted molar refractivity (Wildman–Crippen MR) is 89.6 cm³/mol. The number of carbonyl (C=O) groups is 2. The third kappa shape index (κ3) is 5.68. The molecule has 1 saturated carbocycles. The number of nitrogens with one attached hydrogen (secondary N) is 2. The highest BCUT2D eigenvalue weighted by atomic mass is 19.1. The molecule has 0 radical (unpaired) electrons. The SMILES string of the molecule is CCN(CC(=O)O)C1CC(NC(=O)NC[C@@H](O)c2ccc(F)cc2)C1. The Hall–Kier alpha value is -2.19. The average Bonchev–Trinajstić information content (AvgIpc) is 2.54. The molecule has 8 heteroatoms. The van der Waals surface area contributed by atoms with Gasteiger partial charge in [0.15, 0.2) is 0 Å². The van der Waals surface area contributed by atoms with Gasteiger partial charge in [0.25, 0.3) is 0 Å². The van der Waals surface area contributed by atoms with E-state index in [0.29, 0.717) is 24.9 Å². The molecule has 7 nitrogen and oxygen atoms in total. The van der Waals surface area contributed by atoms with Crippen molar-refractivity contribution in [2.45, 2.75) is 38.0 Å². The molecule has 1 aromatic rings. The van der Waals surface area contributed by atoms with Gasteiger partial charge in [-0.2, -0.15) is 0 Å². The quantitative estimate of drug-likeness (QED) is 0.560. The first kappa shape index (κ1) is 19.1. The number of benzene rings is 1. The van der Waals surface area contributed by atoms with E-state index in [1.807, 2.05) is 11.8 Å². The number of carboxylic acid groups (broad SMARTS) is 1. The van der Waals surface area contributed by atoms with Gasteiger partial charge in [-0.15, -0.1) is 0 Å². The van der Waals surface area contributed by atoms with E-state index in [0.717, 1.165) is 0 Å². The maximum absolute atomic E-state index is 12.8. The second-order valence-corrected chi connectivity index (χ2v) is 6.20. The molecule has 0 spiro atoms. The van der Waals surface area contributed by atoms with Crippen LogP contribution < -0.4 is 10.6 Å². The largest absolute Gasteiger partial charge is 0.480 e. The zero-order valence-corrected chi connectivity index (χ0v) is 14.1. The number of hydrogen-bond acceptors (Lipinski definition) is 4. The van der Waals surface area contributed by atoms with Gasteiger partial charge in [-0.05, 0) is 37.1 Å². The second-order valence-electron chi connectivity index (χ2n) is 6.20. The second kappa shape index (κ2) is 8.77. The molecule has 1 atom stereocenters. The van der Waals surface area contributed by atoms with Crippen molar-refractivity contribution in [3.63, 3.8) is 0 Å². The monoisotopic (exact) mass is 353 g/mol. The number of urea groups is 1. The number of halogens is 1. The fourth-order valence-electron chi connectivity index (χ4n) is 2.91. The van der Waals surface area contributed by atoms with Gasteiger partial charge in [-0.25, -0.2) is 9.18 Å². The topological polar surface area (TPSA) is 102 Å². The van der Waals surface area contributed by atoms with Crippen molar-refractivity contribution < 1.29 is 24.2 Å². The zero-order chi connectivity index (χ0) is 18.4. The van der Waals surface area contributed by atoms with Gasteiger partial charge in [0.2, 0.25) is 0 Å². The smallest absolute Gasteiger partial charge is 0.317 e. The summed E-state index contributed by atoms with van der Waals surface area (Å²) in [6.45, 7) is 2.59. The van der Waals surface area contributed by atoms with Crippen molar-refractivity contribution in [3.8, 4) is 0 Å². The summed E-state index contributed by atoms with van der Waals surface area (Å²) < 4.78 is 12.8. The Bertz CT molecular complexity index is 590. The Kier molecular flexibility index (Phi) is 6.72. The molecule has 0 unspecified atom stereocenters. The van der Waals surface area contributed by atoms with Crippen molar-refractivity contribution in [2.24, 2.45) is 0 Å². The summed E-state index contributed by atoms with van der Waals surface area (Å²) in [6.07, 6.45) is 0.496. The number of nitrogens with zero attached hydrogens (tertiary/aromatic N) is 1. The summed E-state index contributed by atoms with van der Waals surface area (Å²) in [4.78, 5) is 24.5. The lowest BCUT2D eigenvalue weighted by atomic mass is 9.85. The van der Waals surface area contributed by atoms with Crippen LogP contribution >= 0.6 is 0 Å². The van der Waals surface area contributed by atoms with Crippen LogP contribution in [0.4, 0.5) is 9.18 Å². The maximum atomic E-state index is 12.8. The number of hydrogen-bond donors (Lipinski definition) is 4. The van der Waals surface area contributed by atoms with Crippen molar-refractivity contribution >= 4 is 12.0 Å². The first-order valence-corrected chi connectivity index (χ1v) is 8.32. The van der Waals surface area contributed by atoms with Crippen LogP contribution in [-0.2, 0) is 4.79 Å². The number of likely N-dealkylation sites (N-methyl/N-ethyl adjacent to an activating group) is 1. The normalized spacial score (nSPS) is 20.6. The van der Waals surface area contributed by atoms with E-state index in [1.54, 1.807) is 0 Å². The third-order valence-electron chi connectivity index (χ3n) is 4.42. The highest BCUT2D eigenvalue weighted by Crippen LogP contribution is 2.25. The molecule has 0 aromatic heterocycles. The number of amides is 2. The third-order valence-corrected chi connectivity index (χ3v) is 4.42. The Morgan fingerprint density at radius 3 is 2.52 bits per heavy atom. The molecule has 0 bridgehead atoms. The summed E-state index contributed by atoms with van der Waals surface area (Å²) in [5, 5.41) is 24.2. The Labute approximate surface area is 145 Å². The molecular formula is C17H24FN3O4. The van der Waals surface area contributed by atoms with Crippen LogP contribution in [0, 0.1) is 5.82 Å². The summed E-state index contributed by atoms with van der Waals surface area (Å²) in [6, 6.07) is 5.22. The molecule has 1 fully saturated rings. The lowest BCUT2D eigenvalue weighted by Gasteiger charge is -2.42. The van der Waals surface area contributed by atoms with Gasteiger partial charge in [0.1, 0.15) is 5.82 Å². The van der Waals surface area contributed by atoms with E-state index in [2.05, 4.69) is 10.6 Å². The molecule has 2 rings (SSSR count). The van der Waals surface area contributed by atoms with E-state index in [9.17, 15) is 19.1 Å². The molecule has 0 aliphatic heterocycles. The minimum Gasteiger partial charge on any atom is -0.480 e. The molecule has 1 aliphatic rings. The number of aliphatic carboxylic acids is 1. The molecule has 2 amide bonds. The number of carboxylic acids is 1. The summed E-state index contributed by atoms with van der Waals surface area (Å²) in [5.41, 5.74) is 0.526. The molecule has 1 aliphatic carbocycles. The van der Waals surface area contributed by atoms with Crippen molar-refractivity contribution in [2.75, 3.05) is 19.6 Å². The Morgan fingerprint density at radius 1 is 1.32 bits per heavy atom. The number of carbonyl (C=O) groups excluding carboxylic acids is 1. The maximum Gasteiger partial charge on any atom is 0.317 e. The standard InChI is InChI=1S/C17H24FN3O4/c1-2-21(10-16(23)24)14-7-13(8-14)20-17(25)19-9-15(22)11-3-5-12(18)6-4-11/h3-6,13-15,22H,2,7-10H2,1H3,(H,23,24)(H2,19,20,25)/t13?,14?,15-/m1/s1. The van der Waals surface area contributed by atoms with E-state index in [-0.39, 0.29) is 37.0 Å². The Balaban J connectivity index is 1.68. The first-order valence-electron chi connectivity index (χ1n) is 8.32. The molecule has 4 N–H and O–H groups in total. The van der Waals surface area contributed by atoms with E-state index < -0.39 is 12.1 Å². The number of aliphatic hydroxyl groups is 1. The summed E-state index contributed by atoms with van der Waals surface area (Å²) in [7, 11) is 0. The van der Waals surface area contributed by atoms with Crippen LogP contribution in [0.25, 0.3) is 0 Å². The summed E-state index contributed by atoms with van der Waals surface area (Å²) >= 11 is 0. The Morgan fingerprint density at radius 2 is 1.96 bits per heavy atom. The van der Waals surface area contributed by atoms with Gasteiger partial charge in [-0.3, -0.25) is 9.69 Å². The van der Waals surface area contributed by atoms with Crippen LogP contribution in [0.5, 0.6) is 0 Å². The van der Waals surface area contributed by atoms with Crippen molar-refractivity contribution in [3.05, 3.63) is 35.6 Å². The fourth-order valence-corrected chi connectivity index (χ4v) is 2.91. The molecule has 138 valence electrons. The number of aliphatic hydroxyl groups excluding tert-OH is 1. The van der Waals surface area contributed by atoms with Crippen LogP contribution in [-0.4, -0.2) is 58.8 Å². The molecular weight excluding hydrogens is 329 g/mol. The van der Waals surface area contributed by atoms with Gasteiger partial charge >= 0.3 is 12.0 Å². The summed E-state index contributed by atoms with van der Waals surface area (Å²) in [5.74, 6) is -1.24. The van der Waals surface area contributed by atoms with Crippen LogP contribution in [0.3, 0.4) is 0 Å². The molecule has 1 aromatic carbocycles. The lowest BCUT2D eigenvalue weighted by molar-refractivity contribution is -0.139. The highest BCUT2D eigenvalue weighted by molar-refractivity contribution is 5.74. The van der Waals surface area contributed by atoms with Crippen molar-refractivity contribution in [1.82, 2.24) is 15.5 Å². The van der Waals surface area contributed by atoms with Crippen LogP contribution in [0.1, 0.15) is 31.4 Å². The zero-order valence-electron chi connectivity index (χ0n) is 14.1. The van der Waals surface area contributed by atoms with Crippen molar-refractivity contribution in [1.29, 1.82) is 0 Å². The van der Waals surface area contributed by atoms with E-state index in [4.69, 9.17) is 5.11 Å². The van der Waals surface area contributed by atoms with Crippen LogP contribution in [0.15, 0.2) is 24.3 Å². The average molecular weight is 353 g/mol. The van der Waals surface area contributed by atoms with Gasteiger partial charge in [0.05, 0.1) is 12.6 Å². The highest BCUT2D eigenvalue weighted by Gasteiger charge is 2.34. The van der Waals surface area contributed by atoms with E-state index in [1.165, 1.54) is 24.3 Å². The minimum absolute atomic E-state index is 0.00388. The van der Waals surface area contributed by atoms with Crippen LogP contribution in [0.2, 0.25) is 0 Å². The molecule has 25 heavy (non-hydrogen) atoms.